The number of piperidine rings is 1. The van der Waals surface area contributed by atoms with Gasteiger partial charge in [-0.15, -0.1) is 11.3 Å². The van der Waals surface area contributed by atoms with Gasteiger partial charge in [-0.1, -0.05) is 36.4 Å². The molecule has 2 aromatic heterocycles. The Balaban J connectivity index is 1.44. The molecule has 0 radical (unpaired) electrons. The topological polar surface area (TPSA) is 58.4 Å². The van der Waals surface area contributed by atoms with Gasteiger partial charge in [-0.25, -0.2) is 0 Å². The van der Waals surface area contributed by atoms with Crippen molar-refractivity contribution in [2.24, 2.45) is 13.0 Å². The maximum atomic E-state index is 13.2. The van der Waals surface area contributed by atoms with E-state index in [1.807, 2.05) is 65.7 Å². The average Bonchev–Trinajstić information content (AvgIpc) is 3.53. The van der Waals surface area contributed by atoms with Gasteiger partial charge in [0.2, 0.25) is 5.91 Å². The van der Waals surface area contributed by atoms with Crippen LogP contribution in [0.1, 0.15) is 33.8 Å². The largest absolute Gasteiger partial charge is 0.339 e. The third-order valence-electron chi connectivity index (χ3n) is 6.37. The van der Waals surface area contributed by atoms with Crippen molar-refractivity contribution in [2.75, 3.05) is 20.1 Å². The van der Waals surface area contributed by atoms with Crippen molar-refractivity contribution in [3.05, 3.63) is 82.3 Å². The zero-order chi connectivity index (χ0) is 23.2. The van der Waals surface area contributed by atoms with Gasteiger partial charge in [0.15, 0.2) is 0 Å². The lowest BCUT2D eigenvalue weighted by Gasteiger charge is -2.39. The van der Waals surface area contributed by atoms with Crippen LogP contribution in [0.5, 0.6) is 0 Å². The van der Waals surface area contributed by atoms with Crippen LogP contribution in [0.2, 0.25) is 0 Å². The zero-order valence-corrected chi connectivity index (χ0v) is 19.9. The molecule has 1 fully saturated rings. The summed E-state index contributed by atoms with van der Waals surface area (Å²) in [6, 6.07) is 16.1. The Kier molecular flexibility index (Phi) is 7.40. The third-order valence-corrected chi connectivity index (χ3v) is 7.20. The molecule has 3 aromatic rings. The highest BCUT2D eigenvalue weighted by molar-refractivity contribution is 7.10. The van der Waals surface area contributed by atoms with Crippen molar-refractivity contribution in [3.63, 3.8) is 0 Å². The van der Waals surface area contributed by atoms with E-state index < -0.39 is 0 Å². The average molecular weight is 463 g/mol. The van der Waals surface area contributed by atoms with Crippen LogP contribution < -0.4 is 0 Å². The van der Waals surface area contributed by atoms with Crippen molar-refractivity contribution < 1.29 is 9.59 Å². The first-order chi connectivity index (χ1) is 16.0. The molecule has 0 aliphatic carbocycles. The summed E-state index contributed by atoms with van der Waals surface area (Å²) in [5.74, 6) is 0.307. The monoisotopic (exact) mass is 462 g/mol. The minimum Gasteiger partial charge on any atom is -0.339 e. The Labute approximate surface area is 199 Å². The van der Waals surface area contributed by atoms with Crippen molar-refractivity contribution in [1.29, 1.82) is 0 Å². The molecule has 6 nitrogen and oxygen atoms in total. The number of thiophene rings is 1. The van der Waals surface area contributed by atoms with Gasteiger partial charge in [-0.3, -0.25) is 14.3 Å². The molecule has 4 rings (SSSR count). The van der Waals surface area contributed by atoms with Crippen molar-refractivity contribution in [3.8, 4) is 0 Å². The third kappa shape index (κ3) is 5.79. The number of aryl methyl sites for hydroxylation is 1. The number of likely N-dealkylation sites (N-methyl/N-ethyl adjacent to an activating group) is 1. The lowest BCUT2D eigenvalue weighted by molar-refractivity contribution is -0.127. The van der Waals surface area contributed by atoms with Crippen molar-refractivity contribution in [2.45, 2.75) is 25.3 Å². The van der Waals surface area contributed by atoms with E-state index in [0.717, 1.165) is 24.1 Å². The number of benzene rings is 1. The second kappa shape index (κ2) is 10.6. The van der Waals surface area contributed by atoms with Crippen LogP contribution in [0.25, 0.3) is 6.08 Å². The molecular weight excluding hydrogens is 432 g/mol. The number of hydrogen-bond donors (Lipinski definition) is 0. The number of carbonyl (C=O) groups excluding carboxylic acids is 2. The Bertz CT molecular complexity index is 1080. The minimum absolute atomic E-state index is 0.0424. The van der Waals surface area contributed by atoms with Crippen molar-refractivity contribution in [1.82, 2.24) is 19.6 Å². The summed E-state index contributed by atoms with van der Waals surface area (Å²) in [5, 5.41) is 6.31. The molecule has 1 aromatic carbocycles. The fourth-order valence-corrected chi connectivity index (χ4v) is 5.10. The predicted octanol–water partition coefficient (Wildman–Crippen LogP) is 4.12. The van der Waals surface area contributed by atoms with Crippen LogP contribution in [0.15, 0.2) is 66.2 Å². The highest BCUT2D eigenvalue weighted by Gasteiger charge is 2.33. The summed E-state index contributed by atoms with van der Waals surface area (Å²) in [6.45, 7) is 1.41. The number of hydrogen-bond acceptors (Lipinski definition) is 4. The van der Waals surface area contributed by atoms with E-state index in [4.69, 9.17) is 0 Å². The van der Waals surface area contributed by atoms with Gasteiger partial charge in [-0.05, 0) is 54.3 Å². The summed E-state index contributed by atoms with van der Waals surface area (Å²) < 4.78 is 1.65. The highest BCUT2D eigenvalue weighted by Crippen LogP contribution is 2.27. The molecule has 33 heavy (non-hydrogen) atoms. The molecule has 7 heteroatoms. The maximum Gasteiger partial charge on any atom is 0.274 e. The molecule has 172 valence electrons. The van der Waals surface area contributed by atoms with E-state index in [-0.39, 0.29) is 17.9 Å². The Morgan fingerprint density at radius 3 is 2.55 bits per heavy atom. The van der Waals surface area contributed by atoms with E-state index in [1.54, 1.807) is 34.4 Å². The van der Waals surface area contributed by atoms with Crippen LogP contribution in [0.4, 0.5) is 0 Å². The van der Waals surface area contributed by atoms with Crippen LogP contribution in [0, 0.1) is 5.92 Å². The first kappa shape index (κ1) is 23.0. The standard InChI is InChI=1S/C26H30N4O2S/c1-28-15-14-23(27-28)26(32)29(2)24(19-20-7-4-3-5-8-20)21-12-16-30(17-13-21)25(31)11-10-22-9-6-18-33-22/h3-11,14-15,18,21,24H,12-13,16-17,19H2,1-2H3. The first-order valence-electron chi connectivity index (χ1n) is 11.3. The molecule has 0 N–H and O–H groups in total. The number of rotatable bonds is 7. The molecule has 0 spiro atoms. The van der Waals surface area contributed by atoms with Gasteiger partial charge in [-0.2, -0.15) is 5.10 Å². The molecular formula is C26H30N4O2S. The van der Waals surface area contributed by atoms with Gasteiger partial charge in [0.05, 0.1) is 0 Å². The lowest BCUT2D eigenvalue weighted by Crippen LogP contribution is -2.48. The van der Waals surface area contributed by atoms with Crippen LogP contribution in [-0.4, -0.2) is 57.6 Å². The van der Waals surface area contributed by atoms with E-state index >= 15 is 0 Å². The number of aromatic nitrogens is 2. The molecule has 1 saturated heterocycles. The summed E-state index contributed by atoms with van der Waals surface area (Å²) in [5.41, 5.74) is 1.67. The molecule has 1 aliphatic rings. The van der Waals surface area contributed by atoms with E-state index in [2.05, 4.69) is 17.2 Å². The van der Waals surface area contributed by atoms with Crippen molar-refractivity contribution >= 4 is 29.2 Å². The molecule has 0 bridgehead atoms. The van der Waals surface area contributed by atoms with Gasteiger partial charge >= 0.3 is 0 Å². The van der Waals surface area contributed by atoms with Crippen LogP contribution >= 0.6 is 11.3 Å². The second-order valence-corrected chi connectivity index (χ2v) is 9.54. The van der Waals surface area contributed by atoms with Gasteiger partial charge < -0.3 is 9.80 Å². The Morgan fingerprint density at radius 2 is 1.91 bits per heavy atom. The number of carbonyl (C=O) groups is 2. The molecule has 0 saturated carbocycles. The van der Waals surface area contributed by atoms with E-state index in [1.165, 1.54) is 5.56 Å². The van der Waals surface area contributed by atoms with E-state index in [9.17, 15) is 9.59 Å². The number of amides is 2. The van der Waals surface area contributed by atoms with Gasteiger partial charge in [0.25, 0.3) is 5.91 Å². The Morgan fingerprint density at radius 1 is 1.15 bits per heavy atom. The second-order valence-electron chi connectivity index (χ2n) is 8.56. The summed E-state index contributed by atoms with van der Waals surface area (Å²) in [6.07, 6.45) is 7.88. The van der Waals surface area contributed by atoms with Crippen LogP contribution in [0.3, 0.4) is 0 Å². The van der Waals surface area contributed by atoms with Crippen LogP contribution in [-0.2, 0) is 18.3 Å². The highest BCUT2D eigenvalue weighted by atomic mass is 32.1. The SMILES string of the molecule is CN(C(=O)c1ccn(C)n1)C(Cc1ccccc1)C1CCN(C(=O)C=Cc2cccs2)CC1. The minimum atomic E-state index is -0.0612. The number of nitrogens with zero attached hydrogens (tertiary/aromatic N) is 4. The normalized spacial score (nSPS) is 15.6. The Hall–Kier alpha value is -3.19. The fourth-order valence-electron chi connectivity index (χ4n) is 4.49. The lowest BCUT2D eigenvalue weighted by atomic mass is 9.84. The first-order valence-corrected chi connectivity index (χ1v) is 12.2. The fraction of sp³-hybridized carbons (Fsp3) is 0.346. The summed E-state index contributed by atoms with van der Waals surface area (Å²) in [4.78, 5) is 30.7. The maximum absolute atomic E-state index is 13.2. The quantitative estimate of drug-likeness (QED) is 0.497. The van der Waals surface area contributed by atoms with Gasteiger partial charge in [0.1, 0.15) is 5.69 Å². The zero-order valence-electron chi connectivity index (χ0n) is 19.1. The molecule has 3 heterocycles. The molecule has 1 atom stereocenters. The summed E-state index contributed by atoms with van der Waals surface area (Å²) in [7, 11) is 3.70. The van der Waals surface area contributed by atoms with E-state index in [0.29, 0.717) is 24.7 Å². The summed E-state index contributed by atoms with van der Waals surface area (Å²) >= 11 is 1.62. The predicted molar refractivity (Wildman–Crippen MR) is 132 cm³/mol. The molecule has 2 amide bonds. The number of likely N-dealkylation sites (tertiary alicyclic amines) is 1. The molecule has 1 aliphatic heterocycles. The van der Waals surface area contributed by atoms with Gasteiger partial charge in [0, 0.05) is 50.4 Å². The molecule has 1 unspecified atom stereocenters. The smallest absolute Gasteiger partial charge is 0.274 e.